The highest BCUT2D eigenvalue weighted by Gasteiger charge is 2.35. The molecule has 0 aromatic heterocycles. The van der Waals surface area contributed by atoms with Crippen molar-refractivity contribution in [2.45, 2.75) is 51.4 Å². The Morgan fingerprint density at radius 1 is 1.38 bits per heavy atom. The van der Waals surface area contributed by atoms with Crippen molar-refractivity contribution < 1.29 is 24.9 Å². The monoisotopic (exact) mass is 233 g/mol. The van der Waals surface area contributed by atoms with Crippen LogP contribution in [0.4, 0.5) is 4.79 Å². The third-order valence-electron chi connectivity index (χ3n) is 2.16. The van der Waals surface area contributed by atoms with Crippen molar-refractivity contribution in [2.24, 2.45) is 0 Å². The van der Waals surface area contributed by atoms with Crippen LogP contribution in [0.1, 0.15) is 33.6 Å². The molecule has 0 heterocycles. The van der Waals surface area contributed by atoms with Gasteiger partial charge < -0.3 is 20.6 Å². The summed E-state index contributed by atoms with van der Waals surface area (Å²) in [5, 5.41) is 29.6. The number of amides is 1. The van der Waals surface area contributed by atoms with Crippen LogP contribution < -0.4 is 5.32 Å². The molecular weight excluding hydrogens is 214 g/mol. The van der Waals surface area contributed by atoms with E-state index in [4.69, 9.17) is 5.11 Å². The van der Waals surface area contributed by atoms with Gasteiger partial charge in [0, 0.05) is 0 Å². The lowest BCUT2D eigenvalue weighted by atomic mass is 9.92. The van der Waals surface area contributed by atoms with Crippen molar-refractivity contribution in [3.8, 4) is 0 Å². The van der Waals surface area contributed by atoms with Gasteiger partial charge >= 0.3 is 6.09 Å². The summed E-state index contributed by atoms with van der Waals surface area (Å²) < 4.78 is 0. The van der Waals surface area contributed by atoms with Gasteiger partial charge in [-0.2, -0.15) is 0 Å². The summed E-state index contributed by atoms with van der Waals surface area (Å²) >= 11 is 0. The minimum absolute atomic E-state index is 0.290. The molecule has 0 aromatic rings. The Kier molecular flexibility index (Phi) is 5.40. The normalized spacial score (nSPS) is 15.3. The van der Waals surface area contributed by atoms with Gasteiger partial charge in [0.2, 0.25) is 0 Å². The number of Topliss-reactive ketones (excluding diaryl/α,β-unsaturated/α-hetero) is 1. The summed E-state index contributed by atoms with van der Waals surface area (Å²) in [5.41, 5.74) is -1.58. The predicted octanol–water partition coefficient (Wildman–Crippen LogP) is 0.124. The Bertz CT molecular complexity index is 258. The average molecular weight is 233 g/mol. The van der Waals surface area contributed by atoms with Crippen molar-refractivity contribution in [1.82, 2.24) is 5.32 Å². The maximum absolute atomic E-state index is 11.7. The third-order valence-corrected chi connectivity index (χ3v) is 2.16. The molecule has 0 saturated heterocycles. The molecule has 0 aliphatic rings. The van der Waals surface area contributed by atoms with E-state index in [1.54, 1.807) is 6.92 Å². The number of aliphatic hydroxyl groups excluding tert-OH is 1. The molecule has 1 amide bonds. The quantitative estimate of drug-likeness (QED) is 0.521. The van der Waals surface area contributed by atoms with Crippen LogP contribution in [0, 0.1) is 0 Å². The molecule has 0 radical (unpaired) electrons. The first-order valence-electron chi connectivity index (χ1n) is 5.13. The van der Waals surface area contributed by atoms with Crippen LogP contribution in [0.3, 0.4) is 0 Å². The number of carbonyl (C=O) groups excluding carboxylic acids is 1. The molecule has 0 unspecified atom stereocenters. The summed E-state index contributed by atoms with van der Waals surface area (Å²) in [5.74, 6) is -0.711. The van der Waals surface area contributed by atoms with E-state index < -0.39 is 29.6 Å². The second-order valence-corrected chi connectivity index (χ2v) is 4.25. The maximum atomic E-state index is 11.7. The van der Waals surface area contributed by atoms with Gasteiger partial charge in [0.25, 0.3) is 0 Å². The fourth-order valence-corrected chi connectivity index (χ4v) is 1.26. The van der Waals surface area contributed by atoms with Crippen molar-refractivity contribution in [3.63, 3.8) is 0 Å². The van der Waals surface area contributed by atoms with E-state index in [1.807, 2.05) is 5.32 Å². The second-order valence-electron chi connectivity index (χ2n) is 4.25. The van der Waals surface area contributed by atoms with E-state index in [0.29, 0.717) is 6.42 Å². The Balaban J connectivity index is 4.67. The third kappa shape index (κ3) is 4.59. The molecule has 0 rings (SSSR count). The van der Waals surface area contributed by atoms with E-state index in [9.17, 15) is 19.8 Å². The van der Waals surface area contributed by atoms with Gasteiger partial charge in [-0.1, -0.05) is 13.3 Å². The standard InChI is InChI=1S/C10H19NO5/c1-4-5-6(11-9(14)15)7(12)8(13)10(2,3)16/h6,8,11,13,16H,4-5H2,1-3H3,(H,14,15)/t6-,8-/m0/s1. The predicted molar refractivity (Wildman–Crippen MR) is 57.2 cm³/mol. The highest BCUT2D eigenvalue weighted by molar-refractivity contribution is 5.91. The smallest absolute Gasteiger partial charge is 0.405 e. The van der Waals surface area contributed by atoms with E-state index in [1.165, 1.54) is 13.8 Å². The number of hydrogen-bond donors (Lipinski definition) is 4. The first-order valence-corrected chi connectivity index (χ1v) is 5.13. The van der Waals surface area contributed by atoms with Crippen LogP contribution in [-0.2, 0) is 4.79 Å². The molecule has 6 nitrogen and oxygen atoms in total. The Morgan fingerprint density at radius 3 is 2.19 bits per heavy atom. The molecule has 0 fully saturated rings. The van der Waals surface area contributed by atoms with Crippen molar-refractivity contribution in [1.29, 1.82) is 0 Å². The van der Waals surface area contributed by atoms with Crippen LogP contribution in [0.15, 0.2) is 0 Å². The Labute approximate surface area is 94.3 Å². The minimum Gasteiger partial charge on any atom is -0.465 e. The fourth-order valence-electron chi connectivity index (χ4n) is 1.26. The molecule has 2 atom stereocenters. The van der Waals surface area contributed by atoms with Gasteiger partial charge in [-0.25, -0.2) is 4.79 Å². The number of carbonyl (C=O) groups is 2. The largest absolute Gasteiger partial charge is 0.465 e. The zero-order valence-electron chi connectivity index (χ0n) is 9.73. The number of nitrogens with one attached hydrogen (secondary N) is 1. The van der Waals surface area contributed by atoms with E-state index >= 15 is 0 Å². The lowest BCUT2D eigenvalue weighted by molar-refractivity contribution is -0.141. The molecule has 16 heavy (non-hydrogen) atoms. The maximum Gasteiger partial charge on any atom is 0.405 e. The van der Waals surface area contributed by atoms with Crippen molar-refractivity contribution in [3.05, 3.63) is 0 Å². The van der Waals surface area contributed by atoms with Crippen LogP contribution >= 0.6 is 0 Å². The van der Waals surface area contributed by atoms with Gasteiger partial charge in [0.1, 0.15) is 6.10 Å². The molecule has 6 heteroatoms. The summed E-state index contributed by atoms with van der Waals surface area (Å²) in [7, 11) is 0. The number of hydrogen-bond acceptors (Lipinski definition) is 4. The highest BCUT2D eigenvalue weighted by Crippen LogP contribution is 2.13. The lowest BCUT2D eigenvalue weighted by Gasteiger charge is -2.26. The Hall–Kier alpha value is -1.14. The highest BCUT2D eigenvalue weighted by atomic mass is 16.4. The van der Waals surface area contributed by atoms with E-state index in [2.05, 4.69) is 0 Å². The van der Waals surface area contributed by atoms with Gasteiger partial charge in [-0.15, -0.1) is 0 Å². The summed E-state index contributed by atoms with van der Waals surface area (Å²) in [6.45, 7) is 4.37. The van der Waals surface area contributed by atoms with Crippen LogP contribution in [-0.4, -0.2) is 44.9 Å². The van der Waals surface area contributed by atoms with Crippen LogP contribution in [0.2, 0.25) is 0 Å². The SMILES string of the molecule is CCC[C@H](NC(=O)O)C(=O)[C@H](O)C(C)(C)O. The zero-order chi connectivity index (χ0) is 12.9. The number of ketones is 1. The zero-order valence-corrected chi connectivity index (χ0v) is 9.73. The van der Waals surface area contributed by atoms with Crippen LogP contribution in [0.25, 0.3) is 0 Å². The molecule has 0 aromatic carbocycles. The molecule has 0 aliphatic carbocycles. The molecule has 0 aliphatic heterocycles. The summed E-state index contributed by atoms with van der Waals surface area (Å²) in [6, 6.07) is -0.982. The Morgan fingerprint density at radius 2 is 1.88 bits per heavy atom. The average Bonchev–Trinajstić information content (AvgIpc) is 2.12. The van der Waals surface area contributed by atoms with Gasteiger partial charge in [0.15, 0.2) is 5.78 Å². The second kappa shape index (κ2) is 5.81. The molecule has 0 spiro atoms. The first kappa shape index (κ1) is 14.9. The molecule has 0 saturated carbocycles. The van der Waals surface area contributed by atoms with Gasteiger partial charge in [-0.05, 0) is 20.3 Å². The number of aliphatic hydroxyl groups is 2. The topological polar surface area (TPSA) is 107 Å². The minimum atomic E-state index is -1.60. The number of carboxylic acid groups (broad SMARTS) is 1. The lowest BCUT2D eigenvalue weighted by Crippen LogP contribution is -2.51. The molecule has 94 valence electrons. The van der Waals surface area contributed by atoms with Crippen molar-refractivity contribution in [2.75, 3.05) is 0 Å². The molecular formula is C10H19NO5. The molecule has 4 N–H and O–H groups in total. The van der Waals surface area contributed by atoms with E-state index in [0.717, 1.165) is 0 Å². The summed E-state index contributed by atoms with van der Waals surface area (Å²) in [4.78, 5) is 22.1. The van der Waals surface area contributed by atoms with E-state index in [-0.39, 0.29) is 6.42 Å². The van der Waals surface area contributed by atoms with Crippen LogP contribution in [0.5, 0.6) is 0 Å². The number of rotatable bonds is 6. The van der Waals surface area contributed by atoms with Gasteiger partial charge in [0.05, 0.1) is 11.6 Å². The fraction of sp³-hybridized carbons (Fsp3) is 0.800. The van der Waals surface area contributed by atoms with Crippen molar-refractivity contribution >= 4 is 11.9 Å². The van der Waals surface area contributed by atoms with Gasteiger partial charge in [-0.3, -0.25) is 4.79 Å². The summed E-state index contributed by atoms with van der Waals surface area (Å²) in [6.07, 6.45) is -2.04. The first-order chi connectivity index (χ1) is 7.20. The molecule has 0 bridgehead atoms.